The molecule has 0 amide bonds. The van der Waals surface area contributed by atoms with Crippen molar-refractivity contribution < 1.29 is 4.74 Å². The minimum Gasteiger partial charge on any atom is -0.486 e. The average molecular weight is 351 g/mol. The maximum Gasteiger partial charge on any atom is 0.138 e. The summed E-state index contributed by atoms with van der Waals surface area (Å²) in [6.07, 6.45) is 6.19. The third kappa shape index (κ3) is 3.77. The summed E-state index contributed by atoms with van der Waals surface area (Å²) in [5.74, 6) is 1.66. The number of nitrogens with one attached hydrogen (secondary N) is 1. The Morgan fingerprint density at radius 2 is 2.14 bits per heavy atom. The Labute approximate surface area is 133 Å². The van der Waals surface area contributed by atoms with Crippen LogP contribution in [0.4, 0.5) is 5.82 Å². The Morgan fingerprint density at radius 3 is 2.76 bits per heavy atom. The van der Waals surface area contributed by atoms with E-state index < -0.39 is 0 Å². The minimum absolute atomic E-state index is 0.298. The molecule has 0 aliphatic carbocycles. The highest BCUT2D eigenvalue weighted by Gasteiger charge is 2.24. The Bertz CT molecular complexity index is 564. The number of aromatic nitrogens is 1. The van der Waals surface area contributed by atoms with Crippen LogP contribution in [0, 0.1) is 0 Å². The molecule has 3 heterocycles. The Kier molecular flexibility index (Phi) is 4.17. The van der Waals surface area contributed by atoms with Gasteiger partial charge in [0.25, 0.3) is 0 Å². The summed E-state index contributed by atoms with van der Waals surface area (Å²) >= 11 is 3.50. The number of halogens is 1. The van der Waals surface area contributed by atoms with E-state index in [0.29, 0.717) is 6.10 Å². The number of rotatable bonds is 4. The molecule has 1 fully saturated rings. The molecule has 0 radical (unpaired) electrons. The summed E-state index contributed by atoms with van der Waals surface area (Å²) in [6, 6.07) is 3.91. The van der Waals surface area contributed by atoms with Crippen LogP contribution in [0.15, 0.2) is 40.8 Å². The summed E-state index contributed by atoms with van der Waals surface area (Å²) in [6.45, 7) is 2.81. The molecule has 0 unspecified atom stereocenters. The van der Waals surface area contributed by atoms with Crippen LogP contribution in [0.5, 0.6) is 5.75 Å². The van der Waals surface area contributed by atoms with Gasteiger partial charge in [-0.25, -0.2) is 4.98 Å². The highest BCUT2D eigenvalue weighted by atomic mass is 79.9. The molecule has 1 saturated heterocycles. The number of hydrogen-bond donors (Lipinski definition) is 1. The largest absolute Gasteiger partial charge is 0.486 e. The van der Waals surface area contributed by atoms with E-state index in [1.807, 2.05) is 25.4 Å². The zero-order valence-corrected chi connectivity index (χ0v) is 13.8. The van der Waals surface area contributed by atoms with E-state index in [-0.39, 0.29) is 0 Å². The molecular formula is C15H19BrN4O. The normalized spacial score (nSPS) is 19.7. The molecule has 1 aromatic heterocycles. The number of nitrogens with zero attached hydrogens (tertiary/aromatic N) is 3. The third-order valence-corrected chi connectivity index (χ3v) is 3.87. The van der Waals surface area contributed by atoms with Crippen LogP contribution in [0.25, 0.3) is 0 Å². The number of pyridine rings is 1. The molecule has 3 rings (SSSR count). The van der Waals surface area contributed by atoms with Crippen molar-refractivity contribution in [3.05, 3.63) is 40.8 Å². The fourth-order valence-corrected chi connectivity index (χ4v) is 3.07. The van der Waals surface area contributed by atoms with Gasteiger partial charge in [0.15, 0.2) is 0 Å². The van der Waals surface area contributed by atoms with Gasteiger partial charge in [0.05, 0.1) is 12.7 Å². The zero-order valence-electron chi connectivity index (χ0n) is 12.2. The highest BCUT2D eigenvalue weighted by molar-refractivity contribution is 9.11. The summed E-state index contributed by atoms with van der Waals surface area (Å²) in [5, 5.41) is 3.33. The molecule has 0 atom stereocenters. The topological polar surface area (TPSA) is 40.6 Å². The first-order valence-electron chi connectivity index (χ1n) is 6.95. The van der Waals surface area contributed by atoms with Crippen LogP contribution in [-0.4, -0.2) is 54.6 Å². The van der Waals surface area contributed by atoms with Crippen LogP contribution in [0.3, 0.4) is 0 Å². The first-order valence-corrected chi connectivity index (χ1v) is 7.74. The van der Waals surface area contributed by atoms with E-state index in [9.17, 15) is 0 Å². The van der Waals surface area contributed by atoms with Gasteiger partial charge in [-0.2, -0.15) is 0 Å². The quantitative estimate of drug-likeness (QED) is 0.901. The van der Waals surface area contributed by atoms with Crippen LogP contribution in [0.1, 0.15) is 0 Å². The first kappa shape index (κ1) is 14.4. The van der Waals surface area contributed by atoms with E-state index in [1.54, 1.807) is 6.20 Å². The van der Waals surface area contributed by atoms with E-state index in [2.05, 4.69) is 49.2 Å². The van der Waals surface area contributed by atoms with Crippen LogP contribution in [0.2, 0.25) is 0 Å². The minimum atomic E-state index is 0.298. The molecule has 1 aromatic rings. The lowest BCUT2D eigenvalue weighted by Crippen LogP contribution is -2.51. The summed E-state index contributed by atoms with van der Waals surface area (Å²) in [4.78, 5) is 8.75. The molecule has 0 saturated carbocycles. The van der Waals surface area contributed by atoms with Gasteiger partial charge in [-0.3, -0.25) is 4.90 Å². The van der Waals surface area contributed by atoms with Crippen molar-refractivity contribution in [1.29, 1.82) is 0 Å². The number of allylic oxidation sites excluding steroid dienone is 2. The number of likely N-dealkylation sites (tertiary alicyclic amines) is 1. The van der Waals surface area contributed by atoms with E-state index >= 15 is 0 Å². The van der Waals surface area contributed by atoms with Crippen LogP contribution < -0.4 is 10.1 Å². The summed E-state index contributed by atoms with van der Waals surface area (Å²) < 4.78 is 6.88. The lowest BCUT2D eigenvalue weighted by atomic mass is 10.2. The Morgan fingerprint density at radius 1 is 1.33 bits per heavy atom. The maximum atomic E-state index is 5.83. The molecule has 0 aromatic carbocycles. The lowest BCUT2D eigenvalue weighted by Gasteiger charge is -2.35. The first-order chi connectivity index (χ1) is 10.1. The van der Waals surface area contributed by atoms with Gasteiger partial charge >= 0.3 is 0 Å². The van der Waals surface area contributed by atoms with Crippen molar-refractivity contribution in [1.82, 2.24) is 14.8 Å². The smallest absolute Gasteiger partial charge is 0.138 e. The second kappa shape index (κ2) is 6.07. The molecule has 6 heteroatoms. The molecule has 2 aliphatic rings. The zero-order chi connectivity index (χ0) is 14.8. The second-order valence-electron chi connectivity index (χ2n) is 5.56. The van der Waals surface area contributed by atoms with Crippen molar-refractivity contribution in [2.45, 2.75) is 6.10 Å². The Hall–Kier alpha value is -1.53. The van der Waals surface area contributed by atoms with E-state index in [1.165, 1.54) is 0 Å². The van der Waals surface area contributed by atoms with Gasteiger partial charge < -0.3 is 15.0 Å². The number of likely N-dealkylation sites (N-methyl/N-ethyl adjacent to an activating group) is 2. The summed E-state index contributed by atoms with van der Waals surface area (Å²) in [5.41, 5.74) is 1.11. The number of hydrogen-bond acceptors (Lipinski definition) is 5. The van der Waals surface area contributed by atoms with Crippen LogP contribution >= 0.6 is 15.9 Å². The Balaban J connectivity index is 1.58. The second-order valence-corrected chi connectivity index (χ2v) is 6.48. The van der Waals surface area contributed by atoms with Crippen molar-refractivity contribution in [3.63, 3.8) is 0 Å². The molecule has 112 valence electrons. The van der Waals surface area contributed by atoms with E-state index in [4.69, 9.17) is 4.74 Å². The van der Waals surface area contributed by atoms with Gasteiger partial charge in [-0.15, -0.1) is 0 Å². The molecule has 21 heavy (non-hydrogen) atoms. The van der Waals surface area contributed by atoms with Crippen molar-refractivity contribution >= 4 is 21.7 Å². The maximum absolute atomic E-state index is 5.83. The van der Waals surface area contributed by atoms with Gasteiger partial charge in [0.1, 0.15) is 17.7 Å². The molecule has 1 N–H and O–H groups in total. The standard InChI is InChI=1S/C15H19BrN4O/c1-19-7-11(16)5-12(8-19)18-15-4-3-13(6-17-15)21-14-9-20(2)10-14/h3-7,14H,8-10H2,1-2H3,(H,17,18). The molecule has 2 aliphatic heterocycles. The fourth-order valence-electron chi connectivity index (χ4n) is 2.45. The number of anilines is 1. The molecule has 5 nitrogen and oxygen atoms in total. The SMILES string of the molecule is CN1C=C(Br)C=C(Nc2ccc(OC3CN(C)C3)cn2)C1. The summed E-state index contributed by atoms with van der Waals surface area (Å²) in [7, 11) is 4.13. The molecule has 0 bridgehead atoms. The van der Waals surface area contributed by atoms with Gasteiger partial charge in [-0.05, 0) is 41.2 Å². The molecule has 0 spiro atoms. The van der Waals surface area contributed by atoms with Gasteiger partial charge in [0.2, 0.25) is 0 Å². The highest BCUT2D eigenvalue weighted by Crippen LogP contribution is 2.21. The average Bonchev–Trinajstić information content (AvgIpc) is 2.38. The van der Waals surface area contributed by atoms with Crippen molar-refractivity contribution in [3.8, 4) is 5.75 Å². The van der Waals surface area contributed by atoms with Crippen LogP contribution in [-0.2, 0) is 0 Å². The third-order valence-electron chi connectivity index (χ3n) is 3.43. The monoisotopic (exact) mass is 350 g/mol. The van der Waals surface area contributed by atoms with E-state index in [0.717, 1.165) is 41.4 Å². The fraction of sp³-hybridized carbons (Fsp3) is 0.400. The van der Waals surface area contributed by atoms with Crippen molar-refractivity contribution in [2.75, 3.05) is 39.0 Å². The van der Waals surface area contributed by atoms with Gasteiger partial charge in [-0.1, -0.05) is 0 Å². The van der Waals surface area contributed by atoms with Gasteiger partial charge in [0, 0.05) is 36.5 Å². The molecular weight excluding hydrogens is 332 g/mol. The lowest BCUT2D eigenvalue weighted by molar-refractivity contribution is 0.0386. The van der Waals surface area contributed by atoms with Crippen molar-refractivity contribution in [2.24, 2.45) is 0 Å². The predicted molar refractivity (Wildman–Crippen MR) is 87.5 cm³/mol. The predicted octanol–water partition coefficient (Wildman–Crippen LogP) is 2.25. The number of ether oxygens (including phenoxy) is 1.